The molecule has 1 aliphatic rings. The van der Waals surface area contributed by atoms with Gasteiger partial charge < -0.3 is 13.9 Å². The van der Waals surface area contributed by atoms with Gasteiger partial charge in [-0.2, -0.15) is 0 Å². The molecule has 0 N–H and O–H groups in total. The minimum atomic E-state index is -2.90. The largest absolute Gasteiger partial charge is 0.500 e. The van der Waals surface area contributed by atoms with Crippen LogP contribution in [0.4, 0.5) is 0 Å². The van der Waals surface area contributed by atoms with Crippen molar-refractivity contribution >= 4 is 24.5 Å². The number of rotatable bonds is 13. The van der Waals surface area contributed by atoms with Gasteiger partial charge in [-0.05, 0) is 52.7 Å². The van der Waals surface area contributed by atoms with Crippen LogP contribution in [0, 0.1) is 5.41 Å². The summed E-state index contributed by atoms with van der Waals surface area (Å²) in [6.45, 7) is 16.6. The lowest BCUT2D eigenvalue weighted by Crippen LogP contribution is -2.67. The number of allylic oxidation sites excluding steroid dienone is 4. The van der Waals surface area contributed by atoms with Gasteiger partial charge in [-0.1, -0.05) is 93.6 Å². The number of benzene rings is 2. The van der Waals surface area contributed by atoms with Crippen LogP contribution >= 0.6 is 0 Å². The molecule has 0 bridgehead atoms. The van der Waals surface area contributed by atoms with Crippen molar-refractivity contribution < 1.29 is 18.7 Å². The SMILES string of the molecule is C=CCC1=C(OC)C(CO[Si](c2ccccc2)(c2ccccc2)C(C)(C)C)(CC(C)=O)C(OC)=C(CC=C)C1. The molecule has 0 radical (unpaired) electrons. The van der Waals surface area contributed by atoms with Gasteiger partial charge in [0.2, 0.25) is 0 Å². The standard InChI is InChI=1S/C34H44O4Si/c1-9-17-27-23-28(18-10-2)32(37-8)34(24-26(3)35,31(27)36-7)25-38-39(33(4,5)6,29-19-13-11-14-20-29)30-21-15-12-16-22-30/h9-16,19-22H,1-2,17-18,23-25H2,3-8H3. The van der Waals surface area contributed by atoms with Gasteiger partial charge in [-0.15, -0.1) is 13.2 Å². The van der Waals surface area contributed by atoms with Crippen LogP contribution in [0.5, 0.6) is 0 Å². The van der Waals surface area contributed by atoms with Crippen molar-refractivity contribution in [1.82, 2.24) is 0 Å². The minimum Gasteiger partial charge on any atom is -0.500 e. The van der Waals surface area contributed by atoms with E-state index < -0.39 is 13.7 Å². The molecule has 1 aliphatic carbocycles. The molecule has 2 aromatic rings. The van der Waals surface area contributed by atoms with Gasteiger partial charge in [0.1, 0.15) is 22.7 Å². The van der Waals surface area contributed by atoms with E-state index >= 15 is 0 Å². The summed E-state index contributed by atoms with van der Waals surface area (Å²) in [5, 5.41) is 2.14. The number of Topliss-reactive ketones (excluding diaryl/α,β-unsaturated/α-hetero) is 1. The topological polar surface area (TPSA) is 44.8 Å². The molecule has 0 unspecified atom stereocenters. The van der Waals surface area contributed by atoms with Gasteiger partial charge in [0.25, 0.3) is 8.32 Å². The molecule has 0 atom stereocenters. The first-order valence-corrected chi connectivity index (χ1v) is 15.5. The molecule has 0 spiro atoms. The summed E-state index contributed by atoms with van der Waals surface area (Å²) in [7, 11) is 0.460. The maximum Gasteiger partial charge on any atom is 0.261 e. The van der Waals surface area contributed by atoms with Crippen LogP contribution in [0.2, 0.25) is 5.04 Å². The van der Waals surface area contributed by atoms with Crippen LogP contribution in [0.3, 0.4) is 0 Å². The fraction of sp³-hybridized carbons (Fsp3) is 0.382. The first-order chi connectivity index (χ1) is 18.6. The molecule has 0 saturated carbocycles. The normalized spacial score (nSPS) is 15.6. The van der Waals surface area contributed by atoms with E-state index in [4.69, 9.17) is 13.9 Å². The Hall–Kier alpha value is -3.15. The first-order valence-electron chi connectivity index (χ1n) is 13.6. The van der Waals surface area contributed by atoms with E-state index in [1.807, 2.05) is 24.3 Å². The molecule has 4 nitrogen and oxygen atoms in total. The molecule has 0 heterocycles. The number of ketones is 1. The van der Waals surface area contributed by atoms with E-state index in [2.05, 4.69) is 82.5 Å². The maximum atomic E-state index is 13.0. The zero-order valence-electron chi connectivity index (χ0n) is 24.5. The molecule has 0 saturated heterocycles. The number of carbonyl (C=O) groups is 1. The predicted octanol–water partition coefficient (Wildman–Crippen LogP) is 6.89. The Balaban J connectivity index is 2.34. The van der Waals surface area contributed by atoms with Crippen molar-refractivity contribution in [2.45, 2.75) is 58.4 Å². The van der Waals surface area contributed by atoms with Gasteiger partial charge in [0.15, 0.2) is 0 Å². The summed E-state index contributed by atoms with van der Waals surface area (Å²) in [5.41, 5.74) is 1.28. The molecule has 0 amide bonds. The van der Waals surface area contributed by atoms with Crippen molar-refractivity contribution in [3.63, 3.8) is 0 Å². The van der Waals surface area contributed by atoms with Gasteiger partial charge in [0, 0.05) is 6.42 Å². The number of methoxy groups -OCH3 is 2. The van der Waals surface area contributed by atoms with Crippen molar-refractivity contribution in [2.24, 2.45) is 5.41 Å². The summed E-state index contributed by atoms with van der Waals surface area (Å²) in [4.78, 5) is 13.0. The summed E-state index contributed by atoms with van der Waals surface area (Å²) in [6.07, 6.45) is 5.97. The second kappa shape index (κ2) is 12.8. The fourth-order valence-corrected chi connectivity index (χ4v) is 10.9. The summed E-state index contributed by atoms with van der Waals surface area (Å²) < 4.78 is 19.8. The first kappa shape index (κ1) is 30.4. The molecule has 0 aromatic heterocycles. The highest BCUT2D eigenvalue weighted by molar-refractivity contribution is 6.99. The molecular formula is C34H44O4Si. The lowest BCUT2D eigenvalue weighted by Gasteiger charge is -2.47. The maximum absolute atomic E-state index is 13.0. The molecule has 208 valence electrons. The van der Waals surface area contributed by atoms with Crippen LogP contribution in [-0.2, 0) is 18.7 Å². The molecule has 0 fully saturated rings. The number of carbonyl (C=O) groups excluding carboxylic acids is 1. The monoisotopic (exact) mass is 544 g/mol. The van der Waals surface area contributed by atoms with Crippen LogP contribution in [0.25, 0.3) is 0 Å². The molecule has 0 aliphatic heterocycles. The minimum absolute atomic E-state index is 0.0444. The molecule has 2 aromatic carbocycles. The van der Waals surface area contributed by atoms with E-state index in [9.17, 15) is 4.79 Å². The smallest absolute Gasteiger partial charge is 0.261 e. The van der Waals surface area contributed by atoms with Gasteiger partial charge in [0.05, 0.1) is 20.8 Å². The number of hydrogen-bond acceptors (Lipinski definition) is 4. The van der Waals surface area contributed by atoms with E-state index in [1.165, 1.54) is 10.4 Å². The Kier molecular flexibility index (Phi) is 9.97. The van der Waals surface area contributed by atoms with Crippen molar-refractivity contribution in [1.29, 1.82) is 0 Å². The number of ether oxygens (including phenoxy) is 2. The zero-order chi connectivity index (χ0) is 28.7. The Labute approximate surface area is 236 Å². The zero-order valence-corrected chi connectivity index (χ0v) is 25.5. The average Bonchev–Trinajstić information content (AvgIpc) is 2.90. The summed E-state index contributed by atoms with van der Waals surface area (Å²) in [5.74, 6) is 1.54. The summed E-state index contributed by atoms with van der Waals surface area (Å²) >= 11 is 0. The average molecular weight is 545 g/mol. The third kappa shape index (κ3) is 5.90. The highest BCUT2D eigenvalue weighted by Crippen LogP contribution is 2.51. The van der Waals surface area contributed by atoms with Crippen molar-refractivity contribution in [2.75, 3.05) is 20.8 Å². The molecular weight excluding hydrogens is 500 g/mol. The fourth-order valence-electron chi connectivity index (χ4n) is 6.32. The van der Waals surface area contributed by atoms with Crippen molar-refractivity contribution in [3.8, 4) is 0 Å². The van der Waals surface area contributed by atoms with E-state index in [0.717, 1.165) is 22.7 Å². The third-order valence-electron chi connectivity index (χ3n) is 7.63. The second-order valence-corrected chi connectivity index (χ2v) is 15.7. The Morgan fingerprint density at radius 2 is 1.31 bits per heavy atom. The van der Waals surface area contributed by atoms with E-state index in [1.54, 1.807) is 21.1 Å². The quantitative estimate of drug-likeness (QED) is 0.204. The highest BCUT2D eigenvalue weighted by atomic mass is 28.4. The number of hydrogen-bond donors (Lipinski definition) is 0. The van der Waals surface area contributed by atoms with Crippen molar-refractivity contribution in [3.05, 3.63) is 109 Å². The summed E-state index contributed by atoms with van der Waals surface area (Å²) in [6, 6.07) is 21.1. The van der Waals surface area contributed by atoms with Crippen LogP contribution in [0.1, 0.15) is 53.4 Å². The Morgan fingerprint density at radius 1 is 0.872 bits per heavy atom. The third-order valence-corrected chi connectivity index (χ3v) is 12.6. The van der Waals surface area contributed by atoms with Crippen LogP contribution in [-0.4, -0.2) is 34.9 Å². The second-order valence-electron chi connectivity index (χ2n) is 11.3. The molecule has 5 heteroatoms. The Morgan fingerprint density at radius 3 is 1.64 bits per heavy atom. The van der Waals surface area contributed by atoms with Gasteiger partial charge in [-0.25, -0.2) is 0 Å². The van der Waals surface area contributed by atoms with Crippen LogP contribution < -0.4 is 10.4 Å². The lowest BCUT2D eigenvalue weighted by atomic mass is 9.71. The van der Waals surface area contributed by atoms with E-state index in [-0.39, 0.29) is 23.8 Å². The molecule has 39 heavy (non-hydrogen) atoms. The Bertz CT molecular complexity index is 1150. The van der Waals surface area contributed by atoms with Gasteiger partial charge >= 0.3 is 0 Å². The predicted molar refractivity (Wildman–Crippen MR) is 164 cm³/mol. The van der Waals surface area contributed by atoms with Gasteiger partial charge in [-0.3, -0.25) is 4.79 Å². The highest BCUT2D eigenvalue weighted by Gasteiger charge is 2.54. The van der Waals surface area contributed by atoms with Crippen LogP contribution in [0.15, 0.2) is 109 Å². The lowest BCUT2D eigenvalue weighted by molar-refractivity contribution is -0.120. The molecule has 3 rings (SSSR count). The van der Waals surface area contributed by atoms with E-state index in [0.29, 0.717) is 19.3 Å².